The highest BCUT2D eigenvalue weighted by atomic mass is 35.5. The fourth-order valence-corrected chi connectivity index (χ4v) is 4.01. The number of rotatable bonds is 8. The van der Waals surface area contributed by atoms with Crippen molar-refractivity contribution in [3.05, 3.63) is 105 Å². The third-order valence-corrected chi connectivity index (χ3v) is 5.77. The van der Waals surface area contributed by atoms with Crippen LogP contribution in [0.15, 0.2) is 72.8 Å². The zero-order chi connectivity index (χ0) is 24.9. The van der Waals surface area contributed by atoms with E-state index in [0.717, 1.165) is 0 Å². The molecule has 4 rings (SSSR count). The van der Waals surface area contributed by atoms with Crippen LogP contribution in [-0.4, -0.2) is 27.9 Å². The van der Waals surface area contributed by atoms with Gasteiger partial charge in [-0.05, 0) is 49.4 Å². The van der Waals surface area contributed by atoms with Gasteiger partial charge in [0.15, 0.2) is 0 Å². The molecular formula is C26H19Cl3N2O4. The van der Waals surface area contributed by atoms with Gasteiger partial charge in [-0.25, -0.2) is 0 Å². The van der Waals surface area contributed by atoms with Crippen molar-refractivity contribution in [2.24, 2.45) is 0 Å². The van der Waals surface area contributed by atoms with E-state index in [1.165, 1.54) is 6.07 Å². The zero-order valence-corrected chi connectivity index (χ0v) is 20.8. The van der Waals surface area contributed by atoms with Crippen molar-refractivity contribution in [3.8, 4) is 17.4 Å². The second-order valence-corrected chi connectivity index (χ2v) is 8.64. The fourth-order valence-electron chi connectivity index (χ4n) is 3.43. The molecule has 0 fully saturated rings. The minimum absolute atomic E-state index is 0.0372. The molecule has 0 N–H and O–H groups in total. The molecule has 0 aliphatic carbocycles. The van der Waals surface area contributed by atoms with Crippen LogP contribution >= 0.6 is 34.8 Å². The lowest BCUT2D eigenvalue weighted by atomic mass is 10.1. The minimum atomic E-state index is -0.513. The normalized spacial score (nSPS) is 10.7. The Hall–Kier alpha value is -3.32. The van der Waals surface area contributed by atoms with Gasteiger partial charge < -0.3 is 9.47 Å². The second kappa shape index (κ2) is 11.0. The lowest BCUT2D eigenvalue weighted by Crippen LogP contribution is -2.15. The van der Waals surface area contributed by atoms with Gasteiger partial charge in [0.1, 0.15) is 11.4 Å². The molecule has 0 radical (unpaired) electrons. The van der Waals surface area contributed by atoms with Crippen LogP contribution in [0.25, 0.3) is 5.69 Å². The van der Waals surface area contributed by atoms with Crippen LogP contribution in [0.4, 0.5) is 0 Å². The highest BCUT2D eigenvalue weighted by molar-refractivity contribution is 6.35. The van der Waals surface area contributed by atoms with E-state index in [9.17, 15) is 9.59 Å². The molecule has 0 aliphatic rings. The number of esters is 1. The van der Waals surface area contributed by atoms with E-state index in [1.807, 2.05) is 0 Å². The average molecular weight is 530 g/mol. The van der Waals surface area contributed by atoms with Crippen LogP contribution in [0.1, 0.15) is 28.7 Å². The molecule has 1 heterocycles. The number of ketones is 1. The van der Waals surface area contributed by atoms with Crippen LogP contribution in [-0.2, 0) is 16.0 Å². The highest BCUT2D eigenvalue weighted by Gasteiger charge is 2.28. The first-order valence-electron chi connectivity index (χ1n) is 10.6. The molecule has 6 nitrogen and oxygen atoms in total. The third-order valence-electron chi connectivity index (χ3n) is 4.99. The predicted molar refractivity (Wildman–Crippen MR) is 135 cm³/mol. The maximum Gasteiger partial charge on any atom is 0.311 e. The molecule has 0 bridgehead atoms. The maximum absolute atomic E-state index is 13.5. The molecule has 1 aromatic heterocycles. The van der Waals surface area contributed by atoms with E-state index in [2.05, 4.69) is 4.98 Å². The molecule has 4 aromatic rings. The number of nitrogens with zero attached hydrogens (tertiary/aromatic N) is 2. The van der Waals surface area contributed by atoms with Crippen LogP contribution < -0.4 is 4.74 Å². The van der Waals surface area contributed by atoms with Crippen molar-refractivity contribution in [3.63, 3.8) is 0 Å². The molecule has 0 spiro atoms. The molecule has 178 valence electrons. The molecule has 0 saturated carbocycles. The van der Waals surface area contributed by atoms with Gasteiger partial charge in [-0.2, -0.15) is 4.98 Å². The van der Waals surface area contributed by atoms with Gasteiger partial charge in [-0.3, -0.25) is 14.2 Å². The summed E-state index contributed by atoms with van der Waals surface area (Å²) in [4.78, 5) is 30.5. The van der Waals surface area contributed by atoms with Crippen molar-refractivity contribution >= 4 is 46.6 Å². The standard InChI is InChI=1S/C26H19Cl3N2O4/c1-2-34-23(32)15-21-24(25(33)16-6-4-3-5-7-16)30-26(31(21)19-11-8-17(27)9-12-19)35-22-13-10-18(28)14-20(22)29/h3-14H,2,15H2,1H3. The fraction of sp³-hybridized carbons (Fsp3) is 0.115. The summed E-state index contributed by atoms with van der Waals surface area (Å²) in [6, 6.07) is 20.3. The summed E-state index contributed by atoms with van der Waals surface area (Å²) in [6.07, 6.45) is -0.213. The Labute approximate surface area is 217 Å². The lowest BCUT2D eigenvalue weighted by Gasteiger charge is -2.13. The van der Waals surface area contributed by atoms with E-state index in [-0.39, 0.29) is 41.3 Å². The summed E-state index contributed by atoms with van der Waals surface area (Å²) in [5, 5.41) is 1.21. The summed E-state index contributed by atoms with van der Waals surface area (Å²) < 4.78 is 12.8. The maximum atomic E-state index is 13.5. The topological polar surface area (TPSA) is 70.4 Å². The van der Waals surface area contributed by atoms with Gasteiger partial charge in [0.2, 0.25) is 5.78 Å². The highest BCUT2D eigenvalue weighted by Crippen LogP contribution is 2.34. The molecule has 3 aromatic carbocycles. The second-order valence-electron chi connectivity index (χ2n) is 7.36. The van der Waals surface area contributed by atoms with E-state index in [4.69, 9.17) is 44.3 Å². The number of ether oxygens (including phenoxy) is 2. The number of benzene rings is 3. The predicted octanol–water partition coefficient (Wildman–Crippen LogP) is 6.96. The monoisotopic (exact) mass is 528 g/mol. The first-order valence-corrected chi connectivity index (χ1v) is 11.8. The Kier molecular flexibility index (Phi) is 7.76. The number of carbonyl (C=O) groups is 2. The van der Waals surface area contributed by atoms with Crippen molar-refractivity contribution in [1.29, 1.82) is 0 Å². The number of hydrogen-bond donors (Lipinski definition) is 0. The summed E-state index contributed by atoms with van der Waals surface area (Å²) >= 11 is 18.4. The minimum Gasteiger partial charge on any atom is -0.466 e. The molecule has 9 heteroatoms. The first kappa shape index (κ1) is 24.8. The first-order chi connectivity index (χ1) is 16.9. The quantitative estimate of drug-likeness (QED) is 0.182. The molecule has 0 amide bonds. The Balaban J connectivity index is 1.92. The molecular weight excluding hydrogens is 511 g/mol. The molecule has 0 unspecified atom stereocenters. The largest absolute Gasteiger partial charge is 0.466 e. The van der Waals surface area contributed by atoms with E-state index in [0.29, 0.717) is 27.0 Å². The van der Waals surface area contributed by atoms with Gasteiger partial charge in [-0.15, -0.1) is 0 Å². The Bertz CT molecular complexity index is 1370. The average Bonchev–Trinajstić information content (AvgIpc) is 3.19. The summed E-state index contributed by atoms with van der Waals surface area (Å²) in [7, 11) is 0. The Morgan fingerprint density at radius 2 is 1.60 bits per heavy atom. The molecule has 0 aliphatic heterocycles. The van der Waals surface area contributed by atoms with Crippen molar-refractivity contribution in [1.82, 2.24) is 9.55 Å². The van der Waals surface area contributed by atoms with Crippen LogP contribution in [0.5, 0.6) is 11.8 Å². The Morgan fingerprint density at radius 1 is 0.914 bits per heavy atom. The number of imidazole rings is 1. The SMILES string of the molecule is CCOC(=O)Cc1c(C(=O)c2ccccc2)nc(Oc2ccc(Cl)cc2Cl)n1-c1ccc(Cl)cc1. The molecule has 0 atom stereocenters. The van der Waals surface area contributed by atoms with Crippen LogP contribution in [0.2, 0.25) is 15.1 Å². The van der Waals surface area contributed by atoms with Crippen molar-refractivity contribution in [2.75, 3.05) is 6.61 Å². The van der Waals surface area contributed by atoms with Crippen LogP contribution in [0, 0.1) is 0 Å². The zero-order valence-electron chi connectivity index (χ0n) is 18.5. The van der Waals surface area contributed by atoms with E-state index >= 15 is 0 Å². The summed E-state index contributed by atoms with van der Waals surface area (Å²) in [5.41, 5.74) is 1.35. The van der Waals surface area contributed by atoms with Crippen molar-refractivity contribution in [2.45, 2.75) is 13.3 Å². The number of carbonyl (C=O) groups excluding carboxylic acids is 2. The molecule has 0 saturated heterocycles. The lowest BCUT2D eigenvalue weighted by molar-refractivity contribution is -0.142. The van der Waals surface area contributed by atoms with Gasteiger partial charge in [0, 0.05) is 15.6 Å². The van der Waals surface area contributed by atoms with Gasteiger partial charge in [0.05, 0.1) is 29.4 Å². The number of hydrogen-bond acceptors (Lipinski definition) is 5. The van der Waals surface area contributed by atoms with E-state index < -0.39 is 5.97 Å². The molecule has 35 heavy (non-hydrogen) atoms. The third kappa shape index (κ3) is 5.68. The summed E-state index contributed by atoms with van der Waals surface area (Å²) in [6.45, 7) is 1.90. The van der Waals surface area contributed by atoms with E-state index in [1.54, 1.807) is 78.2 Å². The number of aromatic nitrogens is 2. The Morgan fingerprint density at radius 3 is 2.26 bits per heavy atom. The van der Waals surface area contributed by atoms with Gasteiger partial charge in [-0.1, -0.05) is 65.1 Å². The van der Waals surface area contributed by atoms with Gasteiger partial charge >= 0.3 is 12.0 Å². The van der Waals surface area contributed by atoms with Crippen molar-refractivity contribution < 1.29 is 19.1 Å². The van der Waals surface area contributed by atoms with Crippen LogP contribution in [0.3, 0.4) is 0 Å². The summed E-state index contributed by atoms with van der Waals surface area (Å²) in [5.74, 6) is -0.608. The number of halogens is 3. The van der Waals surface area contributed by atoms with Gasteiger partial charge in [0.25, 0.3) is 0 Å². The smallest absolute Gasteiger partial charge is 0.311 e.